The lowest BCUT2D eigenvalue weighted by molar-refractivity contribution is 0.0756. The van der Waals surface area contributed by atoms with E-state index in [1.807, 2.05) is 11.8 Å². The van der Waals surface area contributed by atoms with E-state index in [2.05, 4.69) is 10.3 Å². The lowest BCUT2D eigenvalue weighted by atomic mass is 10.2. The third kappa shape index (κ3) is 2.59. The van der Waals surface area contributed by atoms with Crippen molar-refractivity contribution in [2.24, 2.45) is 0 Å². The van der Waals surface area contributed by atoms with Gasteiger partial charge in [-0.15, -0.1) is 11.3 Å². The van der Waals surface area contributed by atoms with Gasteiger partial charge in [0, 0.05) is 19.1 Å². The first-order chi connectivity index (χ1) is 7.81. The van der Waals surface area contributed by atoms with Crippen LogP contribution in [0.1, 0.15) is 29.4 Å². The van der Waals surface area contributed by atoms with Crippen LogP contribution in [0.4, 0.5) is 0 Å². The SMILES string of the molecule is CCN(CC1CCCN1)C(=O)c1cncs1. The van der Waals surface area contributed by atoms with Crippen molar-refractivity contribution in [3.8, 4) is 0 Å². The molecule has 2 rings (SSSR count). The highest BCUT2D eigenvalue weighted by Gasteiger charge is 2.21. The Hall–Kier alpha value is -0.940. The summed E-state index contributed by atoms with van der Waals surface area (Å²) in [5, 5.41) is 3.42. The first kappa shape index (κ1) is 11.5. The largest absolute Gasteiger partial charge is 0.337 e. The van der Waals surface area contributed by atoms with Crippen LogP contribution in [0.15, 0.2) is 11.7 Å². The summed E-state index contributed by atoms with van der Waals surface area (Å²) >= 11 is 1.41. The van der Waals surface area contributed by atoms with E-state index in [1.165, 1.54) is 24.2 Å². The van der Waals surface area contributed by atoms with E-state index in [-0.39, 0.29) is 5.91 Å². The van der Waals surface area contributed by atoms with Crippen LogP contribution < -0.4 is 5.32 Å². The summed E-state index contributed by atoms with van der Waals surface area (Å²) in [4.78, 5) is 18.7. The summed E-state index contributed by atoms with van der Waals surface area (Å²) in [5.41, 5.74) is 1.70. The number of nitrogens with one attached hydrogen (secondary N) is 1. The fraction of sp³-hybridized carbons (Fsp3) is 0.636. The second-order valence-electron chi connectivity index (χ2n) is 4.00. The molecule has 2 heterocycles. The van der Waals surface area contributed by atoms with Crippen molar-refractivity contribution in [1.29, 1.82) is 0 Å². The molecule has 1 aliphatic heterocycles. The Morgan fingerprint density at radius 1 is 1.75 bits per heavy atom. The molecule has 4 nitrogen and oxygen atoms in total. The fourth-order valence-corrected chi connectivity index (χ4v) is 2.60. The fourth-order valence-electron chi connectivity index (χ4n) is 2.01. The first-order valence-electron chi connectivity index (χ1n) is 5.72. The van der Waals surface area contributed by atoms with E-state index < -0.39 is 0 Å². The second kappa shape index (κ2) is 5.41. The van der Waals surface area contributed by atoms with Crippen molar-refractivity contribution in [2.75, 3.05) is 19.6 Å². The summed E-state index contributed by atoms with van der Waals surface area (Å²) in [5.74, 6) is 0.110. The molecule has 0 spiro atoms. The minimum absolute atomic E-state index is 0.110. The number of hydrogen-bond donors (Lipinski definition) is 1. The van der Waals surface area contributed by atoms with Gasteiger partial charge in [-0.1, -0.05) is 0 Å². The standard InChI is InChI=1S/C11H17N3OS/c1-2-14(7-9-4-3-5-13-9)11(15)10-6-12-8-16-10/h6,8-9,13H,2-5,7H2,1H3. The van der Waals surface area contributed by atoms with Crippen molar-refractivity contribution in [3.63, 3.8) is 0 Å². The number of aromatic nitrogens is 1. The molecule has 5 heteroatoms. The number of nitrogens with zero attached hydrogens (tertiary/aromatic N) is 2. The highest BCUT2D eigenvalue weighted by molar-refractivity contribution is 7.11. The van der Waals surface area contributed by atoms with E-state index in [0.717, 1.165) is 24.5 Å². The Morgan fingerprint density at radius 3 is 3.19 bits per heavy atom. The van der Waals surface area contributed by atoms with Gasteiger partial charge in [-0.3, -0.25) is 9.78 Å². The van der Waals surface area contributed by atoms with E-state index in [1.54, 1.807) is 11.7 Å². The van der Waals surface area contributed by atoms with E-state index in [0.29, 0.717) is 6.04 Å². The van der Waals surface area contributed by atoms with Crippen molar-refractivity contribution in [3.05, 3.63) is 16.6 Å². The van der Waals surface area contributed by atoms with E-state index in [9.17, 15) is 4.79 Å². The third-order valence-corrected chi connectivity index (χ3v) is 3.68. The second-order valence-corrected chi connectivity index (χ2v) is 4.89. The Labute approximate surface area is 99.7 Å². The summed E-state index contributed by atoms with van der Waals surface area (Å²) in [6.07, 6.45) is 4.04. The van der Waals surface area contributed by atoms with Gasteiger partial charge in [0.15, 0.2) is 0 Å². The third-order valence-electron chi connectivity index (χ3n) is 2.92. The molecule has 16 heavy (non-hydrogen) atoms. The van der Waals surface area contributed by atoms with Gasteiger partial charge in [0.25, 0.3) is 5.91 Å². The zero-order valence-electron chi connectivity index (χ0n) is 9.48. The van der Waals surface area contributed by atoms with Gasteiger partial charge in [0.2, 0.25) is 0 Å². The Kier molecular flexibility index (Phi) is 3.90. The molecule has 1 aliphatic rings. The van der Waals surface area contributed by atoms with Crippen LogP contribution in [0.25, 0.3) is 0 Å². The molecule has 1 atom stereocenters. The molecule has 0 aromatic carbocycles. The average Bonchev–Trinajstić information content (AvgIpc) is 2.97. The Balaban J connectivity index is 1.96. The lowest BCUT2D eigenvalue weighted by Crippen LogP contribution is -2.40. The molecule has 0 radical (unpaired) electrons. The molecular formula is C11H17N3OS. The summed E-state index contributed by atoms with van der Waals surface area (Å²) in [6.45, 7) is 4.67. The predicted octanol–water partition coefficient (Wildman–Crippen LogP) is 1.36. The quantitative estimate of drug-likeness (QED) is 0.863. The lowest BCUT2D eigenvalue weighted by Gasteiger charge is -2.23. The van der Waals surface area contributed by atoms with Crippen molar-refractivity contribution < 1.29 is 4.79 Å². The Morgan fingerprint density at radius 2 is 2.62 bits per heavy atom. The van der Waals surface area contributed by atoms with Crippen molar-refractivity contribution >= 4 is 17.2 Å². The van der Waals surface area contributed by atoms with Gasteiger partial charge in [-0.2, -0.15) is 0 Å². The number of thiazole rings is 1. The molecule has 1 saturated heterocycles. The molecule has 0 saturated carbocycles. The summed E-state index contributed by atoms with van der Waals surface area (Å²) < 4.78 is 0. The molecule has 1 aromatic heterocycles. The van der Waals surface area contributed by atoms with Crippen LogP contribution in [-0.4, -0.2) is 41.5 Å². The van der Waals surface area contributed by atoms with Gasteiger partial charge < -0.3 is 10.2 Å². The molecular weight excluding hydrogens is 222 g/mol. The number of hydrogen-bond acceptors (Lipinski definition) is 4. The van der Waals surface area contributed by atoms with Crippen molar-refractivity contribution in [2.45, 2.75) is 25.8 Å². The van der Waals surface area contributed by atoms with Crippen LogP contribution >= 0.6 is 11.3 Å². The molecule has 1 unspecified atom stereocenters. The normalized spacial score (nSPS) is 19.9. The first-order valence-corrected chi connectivity index (χ1v) is 6.60. The predicted molar refractivity (Wildman–Crippen MR) is 64.7 cm³/mol. The topological polar surface area (TPSA) is 45.2 Å². The molecule has 88 valence electrons. The number of carbonyl (C=O) groups excluding carboxylic acids is 1. The number of rotatable bonds is 4. The smallest absolute Gasteiger partial charge is 0.265 e. The van der Waals surface area contributed by atoms with Gasteiger partial charge in [0.05, 0.1) is 11.7 Å². The van der Waals surface area contributed by atoms with E-state index >= 15 is 0 Å². The van der Waals surface area contributed by atoms with Gasteiger partial charge in [-0.25, -0.2) is 0 Å². The van der Waals surface area contributed by atoms with Crippen LogP contribution in [0.3, 0.4) is 0 Å². The summed E-state index contributed by atoms with van der Waals surface area (Å²) in [6, 6.07) is 0.469. The number of amides is 1. The van der Waals surface area contributed by atoms with Gasteiger partial charge in [-0.05, 0) is 26.3 Å². The zero-order valence-corrected chi connectivity index (χ0v) is 10.3. The van der Waals surface area contributed by atoms with Crippen LogP contribution in [0.2, 0.25) is 0 Å². The van der Waals surface area contributed by atoms with Crippen LogP contribution in [-0.2, 0) is 0 Å². The summed E-state index contributed by atoms with van der Waals surface area (Å²) in [7, 11) is 0. The molecule has 0 aliphatic carbocycles. The number of carbonyl (C=O) groups is 1. The van der Waals surface area contributed by atoms with Crippen LogP contribution in [0, 0.1) is 0 Å². The van der Waals surface area contributed by atoms with Gasteiger partial charge >= 0.3 is 0 Å². The highest BCUT2D eigenvalue weighted by Crippen LogP contribution is 2.12. The Bertz CT molecular complexity index is 333. The molecule has 0 bridgehead atoms. The zero-order chi connectivity index (χ0) is 11.4. The molecule has 1 amide bonds. The maximum absolute atomic E-state index is 12.1. The minimum atomic E-state index is 0.110. The molecule has 1 fully saturated rings. The maximum Gasteiger partial charge on any atom is 0.265 e. The monoisotopic (exact) mass is 239 g/mol. The van der Waals surface area contributed by atoms with E-state index in [4.69, 9.17) is 0 Å². The van der Waals surface area contributed by atoms with Gasteiger partial charge in [0.1, 0.15) is 4.88 Å². The molecule has 1 N–H and O–H groups in total. The highest BCUT2D eigenvalue weighted by atomic mass is 32.1. The minimum Gasteiger partial charge on any atom is -0.337 e. The molecule has 1 aromatic rings. The van der Waals surface area contributed by atoms with Crippen molar-refractivity contribution in [1.82, 2.24) is 15.2 Å². The van der Waals surface area contributed by atoms with Crippen LogP contribution in [0.5, 0.6) is 0 Å². The maximum atomic E-state index is 12.1. The number of likely N-dealkylation sites (N-methyl/N-ethyl adjacent to an activating group) is 1. The average molecular weight is 239 g/mol.